The van der Waals surface area contributed by atoms with E-state index in [2.05, 4.69) is 0 Å². The molecule has 1 heterocycles. The summed E-state index contributed by atoms with van der Waals surface area (Å²) in [6, 6.07) is 13.9. The van der Waals surface area contributed by atoms with E-state index in [9.17, 15) is 9.18 Å². The average Bonchev–Trinajstić information content (AvgIpc) is 2.82. The van der Waals surface area contributed by atoms with Crippen LogP contribution in [0.25, 0.3) is 0 Å². The van der Waals surface area contributed by atoms with Crippen molar-refractivity contribution >= 4 is 29.1 Å². The molecule has 0 unspecified atom stereocenters. The smallest absolute Gasteiger partial charge is 0.256 e. The molecule has 0 saturated carbocycles. The molecule has 0 radical (unpaired) electrons. The number of benzene rings is 3. The van der Waals surface area contributed by atoms with Crippen LogP contribution in [0.4, 0.5) is 4.39 Å². The summed E-state index contributed by atoms with van der Waals surface area (Å²) in [4.78, 5) is 15.3. The molecule has 0 fully saturated rings. The maximum Gasteiger partial charge on any atom is 0.256 e. The second-order valence-electron chi connectivity index (χ2n) is 7.56. The molecule has 0 saturated heterocycles. The number of hydrogen-bond donors (Lipinski definition) is 0. The molecule has 0 N–H and O–H groups in total. The standard InChI is InChI=1S/C25H22Cl2FNO4/c1-31-23-11-15-9-10-29(25(30)19-8-3-16(26)12-21(19)27)22(20(15)13-24(23)32-2)14-33-18-6-4-17(28)5-7-18/h3-8,11-13,22H,9-10,14H2,1-2H3/t22-/m1/s1. The van der Waals surface area contributed by atoms with Crippen LogP contribution in [0.5, 0.6) is 17.2 Å². The SMILES string of the molecule is COc1cc2c(cc1OC)[C@@H](COc1ccc(F)cc1)N(C(=O)c1ccc(Cl)cc1Cl)CC2. The van der Waals surface area contributed by atoms with Gasteiger partial charge in [0.2, 0.25) is 0 Å². The van der Waals surface area contributed by atoms with Crippen LogP contribution in [0.15, 0.2) is 54.6 Å². The normalized spacial score (nSPS) is 15.1. The number of hydrogen-bond acceptors (Lipinski definition) is 4. The Hall–Kier alpha value is -2.96. The number of carbonyl (C=O) groups is 1. The maximum atomic E-state index is 13.5. The predicted octanol–water partition coefficient (Wildman–Crippen LogP) is 5.97. The van der Waals surface area contributed by atoms with Crippen LogP contribution in [0.3, 0.4) is 0 Å². The summed E-state index contributed by atoms with van der Waals surface area (Å²) in [6.07, 6.45) is 0.625. The Morgan fingerprint density at radius 3 is 2.39 bits per heavy atom. The van der Waals surface area contributed by atoms with Crippen molar-refractivity contribution in [3.63, 3.8) is 0 Å². The molecule has 3 aromatic carbocycles. The molecule has 172 valence electrons. The van der Waals surface area contributed by atoms with Gasteiger partial charge in [0.1, 0.15) is 18.2 Å². The molecule has 8 heteroatoms. The van der Waals surface area contributed by atoms with Gasteiger partial charge < -0.3 is 19.1 Å². The molecular weight excluding hydrogens is 468 g/mol. The van der Waals surface area contributed by atoms with Crippen LogP contribution >= 0.6 is 23.2 Å². The topological polar surface area (TPSA) is 48.0 Å². The van der Waals surface area contributed by atoms with Crippen LogP contribution in [-0.4, -0.2) is 38.2 Å². The highest BCUT2D eigenvalue weighted by Gasteiger charge is 2.34. The Morgan fingerprint density at radius 1 is 1.03 bits per heavy atom. The second-order valence-corrected chi connectivity index (χ2v) is 8.40. The Bertz CT molecular complexity index is 1170. The number of fused-ring (bicyclic) bond motifs is 1. The zero-order valence-electron chi connectivity index (χ0n) is 18.1. The summed E-state index contributed by atoms with van der Waals surface area (Å²) in [5.74, 6) is 1.10. The van der Waals surface area contributed by atoms with Crippen molar-refractivity contribution in [2.45, 2.75) is 12.5 Å². The van der Waals surface area contributed by atoms with E-state index in [0.717, 1.165) is 11.1 Å². The fourth-order valence-electron chi connectivity index (χ4n) is 3.97. The summed E-state index contributed by atoms with van der Waals surface area (Å²) in [6.45, 7) is 0.614. The summed E-state index contributed by atoms with van der Waals surface area (Å²) in [5, 5.41) is 0.734. The summed E-state index contributed by atoms with van der Waals surface area (Å²) in [7, 11) is 3.15. The van der Waals surface area contributed by atoms with Crippen molar-refractivity contribution in [1.82, 2.24) is 4.90 Å². The summed E-state index contributed by atoms with van der Waals surface area (Å²) < 4.78 is 30.2. The van der Waals surface area contributed by atoms with E-state index in [-0.39, 0.29) is 23.4 Å². The monoisotopic (exact) mass is 489 g/mol. The molecule has 0 spiro atoms. The molecule has 1 atom stereocenters. The lowest BCUT2D eigenvalue weighted by Gasteiger charge is -2.38. The third-order valence-electron chi connectivity index (χ3n) is 5.65. The van der Waals surface area contributed by atoms with Crippen molar-refractivity contribution < 1.29 is 23.4 Å². The highest BCUT2D eigenvalue weighted by molar-refractivity contribution is 6.36. The number of amides is 1. The largest absolute Gasteiger partial charge is 0.493 e. The first-order chi connectivity index (χ1) is 15.9. The molecule has 3 aromatic rings. The minimum absolute atomic E-state index is 0.158. The van der Waals surface area contributed by atoms with Gasteiger partial charge in [0, 0.05) is 11.6 Å². The molecule has 1 aliphatic rings. The van der Waals surface area contributed by atoms with Crippen molar-refractivity contribution in [3.8, 4) is 17.2 Å². The summed E-state index contributed by atoms with van der Waals surface area (Å²) in [5.41, 5.74) is 2.28. The van der Waals surface area contributed by atoms with Gasteiger partial charge in [-0.05, 0) is 72.1 Å². The number of carbonyl (C=O) groups excluding carboxylic acids is 1. The predicted molar refractivity (Wildman–Crippen MR) is 125 cm³/mol. The molecule has 0 aliphatic carbocycles. The van der Waals surface area contributed by atoms with E-state index in [1.807, 2.05) is 12.1 Å². The van der Waals surface area contributed by atoms with Crippen LogP contribution in [-0.2, 0) is 6.42 Å². The first-order valence-electron chi connectivity index (χ1n) is 10.3. The van der Waals surface area contributed by atoms with Crippen molar-refractivity contribution in [3.05, 3.63) is 87.2 Å². The van der Waals surface area contributed by atoms with E-state index in [0.29, 0.717) is 40.8 Å². The lowest BCUT2D eigenvalue weighted by molar-refractivity contribution is 0.0589. The molecule has 5 nitrogen and oxygen atoms in total. The lowest BCUT2D eigenvalue weighted by atomic mass is 9.91. The molecule has 1 aliphatic heterocycles. The van der Waals surface area contributed by atoms with Gasteiger partial charge in [0.15, 0.2) is 11.5 Å². The number of rotatable bonds is 6. The zero-order valence-corrected chi connectivity index (χ0v) is 19.6. The molecule has 0 bridgehead atoms. The maximum absolute atomic E-state index is 13.5. The van der Waals surface area contributed by atoms with Gasteiger partial charge in [-0.25, -0.2) is 4.39 Å². The number of halogens is 3. The van der Waals surface area contributed by atoms with Gasteiger partial charge in [0.05, 0.1) is 30.8 Å². The Kier molecular flexibility index (Phi) is 6.96. The number of nitrogens with zero attached hydrogens (tertiary/aromatic N) is 1. The fraction of sp³-hybridized carbons (Fsp3) is 0.240. The third-order valence-corrected chi connectivity index (χ3v) is 6.19. The van der Waals surface area contributed by atoms with E-state index in [1.54, 1.807) is 49.5 Å². The van der Waals surface area contributed by atoms with Crippen LogP contribution in [0, 0.1) is 5.82 Å². The molecule has 4 rings (SSSR count). The molecular formula is C25H22Cl2FNO4. The van der Waals surface area contributed by atoms with Gasteiger partial charge in [0.25, 0.3) is 5.91 Å². The van der Waals surface area contributed by atoms with Gasteiger partial charge in [-0.1, -0.05) is 23.2 Å². The van der Waals surface area contributed by atoms with Crippen molar-refractivity contribution in [2.75, 3.05) is 27.4 Å². The Morgan fingerprint density at radius 2 is 1.73 bits per heavy atom. The Labute approximate surface area is 201 Å². The Balaban J connectivity index is 1.72. The molecule has 33 heavy (non-hydrogen) atoms. The lowest BCUT2D eigenvalue weighted by Crippen LogP contribution is -2.42. The summed E-state index contributed by atoms with van der Waals surface area (Å²) >= 11 is 12.3. The minimum atomic E-state index is -0.433. The molecule has 1 amide bonds. The van der Waals surface area contributed by atoms with Crippen molar-refractivity contribution in [1.29, 1.82) is 0 Å². The van der Waals surface area contributed by atoms with E-state index in [4.69, 9.17) is 37.4 Å². The third kappa shape index (κ3) is 4.87. The average molecular weight is 490 g/mol. The fourth-order valence-corrected chi connectivity index (χ4v) is 4.46. The highest BCUT2D eigenvalue weighted by atomic mass is 35.5. The van der Waals surface area contributed by atoms with Crippen LogP contribution < -0.4 is 14.2 Å². The van der Waals surface area contributed by atoms with Gasteiger partial charge in [-0.2, -0.15) is 0 Å². The van der Waals surface area contributed by atoms with Gasteiger partial charge in [-0.15, -0.1) is 0 Å². The quantitative estimate of drug-likeness (QED) is 0.428. The number of methoxy groups -OCH3 is 2. The first-order valence-corrected chi connectivity index (χ1v) is 11.1. The molecule has 0 aromatic heterocycles. The number of ether oxygens (including phenoxy) is 3. The zero-order chi connectivity index (χ0) is 23.5. The second kappa shape index (κ2) is 9.89. The first kappa shape index (κ1) is 23.2. The van der Waals surface area contributed by atoms with Gasteiger partial charge >= 0.3 is 0 Å². The van der Waals surface area contributed by atoms with E-state index < -0.39 is 6.04 Å². The van der Waals surface area contributed by atoms with Crippen LogP contribution in [0.2, 0.25) is 10.0 Å². The van der Waals surface area contributed by atoms with E-state index >= 15 is 0 Å². The highest BCUT2D eigenvalue weighted by Crippen LogP contribution is 2.39. The van der Waals surface area contributed by atoms with E-state index in [1.165, 1.54) is 12.1 Å². The van der Waals surface area contributed by atoms with Gasteiger partial charge in [-0.3, -0.25) is 4.79 Å². The minimum Gasteiger partial charge on any atom is -0.493 e. The van der Waals surface area contributed by atoms with Crippen molar-refractivity contribution in [2.24, 2.45) is 0 Å². The van der Waals surface area contributed by atoms with Crippen LogP contribution in [0.1, 0.15) is 27.5 Å².